The van der Waals surface area contributed by atoms with Crippen molar-refractivity contribution in [2.45, 2.75) is 57.6 Å². The van der Waals surface area contributed by atoms with Crippen LogP contribution in [0.4, 0.5) is 14.5 Å². The minimum absolute atomic E-state index is 0.0108. The summed E-state index contributed by atoms with van der Waals surface area (Å²) in [4.78, 5) is 17.1. The number of rotatable bonds is 8. The highest BCUT2D eigenvalue weighted by molar-refractivity contribution is 6.34. The standard InChI is InChI=1S/C20H28ClF2N3O3/c1-13(25-14(2)27)11-28-16-9-15(10-16)12-29-19-18(21)17(3-6-24-19)26-7-4-20(22,23)5-8-26/h3,6,13,15-16H,4-5,7-12H2,1-2H3,(H,25,27)/t13-,15?,16?/m0/s1. The summed E-state index contributed by atoms with van der Waals surface area (Å²) in [6.07, 6.45) is 3.18. The lowest BCUT2D eigenvalue weighted by molar-refractivity contribution is -0.120. The summed E-state index contributed by atoms with van der Waals surface area (Å²) in [5.41, 5.74) is 0.689. The molecule has 0 aromatic carbocycles. The largest absolute Gasteiger partial charge is 0.476 e. The molecule has 3 rings (SSSR count). The van der Waals surface area contributed by atoms with E-state index >= 15 is 0 Å². The van der Waals surface area contributed by atoms with Gasteiger partial charge in [0.1, 0.15) is 5.02 Å². The predicted molar refractivity (Wildman–Crippen MR) is 107 cm³/mol. The summed E-state index contributed by atoms with van der Waals surface area (Å²) in [6, 6.07) is 1.73. The molecule has 1 atom stereocenters. The highest BCUT2D eigenvalue weighted by Gasteiger charge is 2.35. The zero-order valence-electron chi connectivity index (χ0n) is 16.8. The number of aromatic nitrogens is 1. The Kier molecular flexibility index (Phi) is 7.16. The number of hydrogen-bond donors (Lipinski definition) is 1. The number of carbonyl (C=O) groups excluding carboxylic acids is 1. The molecule has 0 unspecified atom stereocenters. The Morgan fingerprint density at radius 1 is 1.41 bits per heavy atom. The third kappa shape index (κ3) is 6.15. The van der Waals surface area contributed by atoms with Gasteiger partial charge in [0.05, 0.1) is 25.0 Å². The summed E-state index contributed by atoms with van der Waals surface area (Å²) in [5, 5.41) is 3.16. The Morgan fingerprint density at radius 3 is 2.76 bits per heavy atom. The fourth-order valence-electron chi connectivity index (χ4n) is 3.65. The second-order valence-electron chi connectivity index (χ2n) is 8.00. The Bertz CT molecular complexity index is 706. The van der Waals surface area contributed by atoms with Crippen molar-refractivity contribution in [3.8, 4) is 5.88 Å². The second-order valence-corrected chi connectivity index (χ2v) is 8.38. The third-order valence-electron chi connectivity index (χ3n) is 5.35. The number of alkyl halides is 2. The van der Waals surface area contributed by atoms with Crippen LogP contribution >= 0.6 is 11.6 Å². The van der Waals surface area contributed by atoms with Gasteiger partial charge in [-0.15, -0.1) is 0 Å². The van der Waals surface area contributed by atoms with Crippen molar-refractivity contribution in [2.24, 2.45) is 5.92 Å². The van der Waals surface area contributed by atoms with Crippen molar-refractivity contribution in [1.82, 2.24) is 10.3 Å². The lowest BCUT2D eigenvalue weighted by atomic mass is 9.83. The third-order valence-corrected chi connectivity index (χ3v) is 5.71. The highest BCUT2D eigenvalue weighted by atomic mass is 35.5. The maximum absolute atomic E-state index is 13.4. The number of carbonyl (C=O) groups is 1. The van der Waals surface area contributed by atoms with Crippen molar-refractivity contribution in [3.05, 3.63) is 17.3 Å². The minimum atomic E-state index is -2.60. The molecular formula is C20H28ClF2N3O3. The summed E-state index contributed by atoms with van der Waals surface area (Å²) in [7, 11) is 0. The predicted octanol–water partition coefficient (Wildman–Crippen LogP) is 3.67. The van der Waals surface area contributed by atoms with Gasteiger partial charge in [-0.2, -0.15) is 0 Å². The number of piperidine rings is 1. The van der Waals surface area contributed by atoms with Crippen LogP contribution in [0.1, 0.15) is 39.5 Å². The first kappa shape index (κ1) is 22.0. The molecule has 1 N–H and O–H groups in total. The van der Waals surface area contributed by atoms with Crippen LogP contribution in [0.15, 0.2) is 12.3 Å². The number of nitrogens with one attached hydrogen (secondary N) is 1. The zero-order valence-corrected chi connectivity index (χ0v) is 17.6. The number of hydrogen-bond acceptors (Lipinski definition) is 5. The molecule has 2 fully saturated rings. The van der Waals surface area contributed by atoms with Crippen LogP contribution in [0.2, 0.25) is 5.02 Å². The molecule has 1 aromatic rings. The van der Waals surface area contributed by atoms with E-state index in [1.54, 1.807) is 12.3 Å². The van der Waals surface area contributed by atoms with E-state index in [-0.39, 0.29) is 44.0 Å². The van der Waals surface area contributed by atoms with E-state index in [2.05, 4.69) is 10.3 Å². The SMILES string of the molecule is CC(=O)N[C@@H](C)COC1CC(COc2nccc(N3CCC(F)(F)CC3)c2Cl)C1. The Hall–Kier alpha value is -1.67. The van der Waals surface area contributed by atoms with E-state index < -0.39 is 5.92 Å². The van der Waals surface area contributed by atoms with Gasteiger partial charge >= 0.3 is 0 Å². The molecule has 162 valence electrons. The molecule has 1 aromatic heterocycles. The number of anilines is 1. The average Bonchev–Trinajstić information content (AvgIpc) is 2.61. The second kappa shape index (κ2) is 9.43. The van der Waals surface area contributed by atoms with Crippen LogP contribution in [0.3, 0.4) is 0 Å². The van der Waals surface area contributed by atoms with Gasteiger partial charge in [-0.05, 0) is 31.7 Å². The van der Waals surface area contributed by atoms with Crippen molar-refractivity contribution in [3.63, 3.8) is 0 Å². The lowest BCUT2D eigenvalue weighted by Gasteiger charge is -2.36. The number of pyridine rings is 1. The van der Waals surface area contributed by atoms with E-state index in [4.69, 9.17) is 21.1 Å². The van der Waals surface area contributed by atoms with Crippen molar-refractivity contribution < 1.29 is 23.0 Å². The summed E-state index contributed by atoms with van der Waals surface area (Å²) in [5.74, 6) is -1.97. The molecule has 1 saturated carbocycles. The van der Waals surface area contributed by atoms with Crippen LogP contribution in [0, 0.1) is 5.92 Å². The van der Waals surface area contributed by atoms with Crippen LogP contribution in [0.25, 0.3) is 0 Å². The van der Waals surface area contributed by atoms with Gasteiger partial charge in [0.15, 0.2) is 0 Å². The monoisotopic (exact) mass is 431 g/mol. The van der Waals surface area contributed by atoms with Crippen LogP contribution < -0.4 is 15.0 Å². The topological polar surface area (TPSA) is 63.7 Å². The van der Waals surface area contributed by atoms with E-state index in [0.717, 1.165) is 12.8 Å². The maximum Gasteiger partial charge on any atom is 0.251 e. The molecule has 2 aliphatic rings. The quantitative estimate of drug-likeness (QED) is 0.680. The number of amides is 1. The van der Waals surface area contributed by atoms with Gasteiger partial charge in [-0.25, -0.2) is 13.8 Å². The molecule has 1 amide bonds. The molecule has 0 bridgehead atoms. The molecule has 6 nitrogen and oxygen atoms in total. The highest BCUT2D eigenvalue weighted by Crippen LogP contribution is 2.38. The molecule has 0 radical (unpaired) electrons. The van der Waals surface area contributed by atoms with E-state index in [0.29, 0.717) is 35.7 Å². The molecule has 0 spiro atoms. The van der Waals surface area contributed by atoms with E-state index in [1.165, 1.54) is 6.92 Å². The van der Waals surface area contributed by atoms with Gasteiger partial charge in [-0.3, -0.25) is 4.79 Å². The Morgan fingerprint density at radius 2 is 2.10 bits per heavy atom. The fourth-order valence-corrected chi connectivity index (χ4v) is 3.93. The number of ether oxygens (including phenoxy) is 2. The molecular weight excluding hydrogens is 404 g/mol. The summed E-state index contributed by atoms with van der Waals surface area (Å²) in [6.45, 7) is 4.88. The smallest absolute Gasteiger partial charge is 0.251 e. The van der Waals surface area contributed by atoms with Gasteiger partial charge in [0.25, 0.3) is 5.92 Å². The van der Waals surface area contributed by atoms with E-state index in [9.17, 15) is 13.6 Å². The van der Waals surface area contributed by atoms with Crippen LogP contribution in [0.5, 0.6) is 5.88 Å². The van der Waals surface area contributed by atoms with Crippen molar-refractivity contribution in [1.29, 1.82) is 0 Å². The van der Waals surface area contributed by atoms with Crippen molar-refractivity contribution in [2.75, 3.05) is 31.2 Å². The average molecular weight is 432 g/mol. The molecule has 2 heterocycles. The molecule has 29 heavy (non-hydrogen) atoms. The van der Waals surface area contributed by atoms with Gasteiger partial charge in [0, 0.05) is 45.1 Å². The van der Waals surface area contributed by atoms with E-state index in [1.807, 2.05) is 11.8 Å². The normalized spacial score (nSPS) is 24.5. The van der Waals surface area contributed by atoms with Crippen molar-refractivity contribution >= 4 is 23.2 Å². The molecule has 1 saturated heterocycles. The molecule has 9 heteroatoms. The minimum Gasteiger partial charge on any atom is -0.476 e. The number of nitrogens with zero attached hydrogens (tertiary/aromatic N) is 2. The zero-order chi connectivity index (χ0) is 21.0. The van der Waals surface area contributed by atoms with Crippen LogP contribution in [-0.4, -0.2) is 55.3 Å². The van der Waals surface area contributed by atoms with Gasteiger partial charge in [-0.1, -0.05) is 11.6 Å². The Balaban J connectivity index is 1.42. The maximum atomic E-state index is 13.4. The molecule has 1 aliphatic carbocycles. The first-order valence-electron chi connectivity index (χ1n) is 10.0. The first-order chi connectivity index (χ1) is 13.7. The first-order valence-corrected chi connectivity index (χ1v) is 10.4. The summed E-state index contributed by atoms with van der Waals surface area (Å²) < 4.78 is 38.4. The lowest BCUT2D eigenvalue weighted by Crippen LogP contribution is -2.40. The fraction of sp³-hybridized carbons (Fsp3) is 0.700. The van der Waals surface area contributed by atoms with Gasteiger partial charge in [0.2, 0.25) is 11.8 Å². The summed E-state index contributed by atoms with van der Waals surface area (Å²) >= 11 is 6.44. The Labute approximate surface area is 174 Å². The van der Waals surface area contributed by atoms with Crippen LogP contribution in [-0.2, 0) is 9.53 Å². The number of halogens is 3. The van der Waals surface area contributed by atoms with Gasteiger partial charge < -0.3 is 19.7 Å². The molecule has 1 aliphatic heterocycles.